The lowest BCUT2D eigenvalue weighted by Crippen LogP contribution is -2.48. The molecule has 5 heteroatoms. The van der Waals surface area contributed by atoms with Gasteiger partial charge in [-0.2, -0.15) is 0 Å². The van der Waals surface area contributed by atoms with Crippen LogP contribution in [0.4, 0.5) is 0 Å². The van der Waals surface area contributed by atoms with Gasteiger partial charge in [-0.05, 0) is 34.9 Å². The predicted molar refractivity (Wildman–Crippen MR) is 132 cm³/mol. The van der Waals surface area contributed by atoms with Crippen LogP contribution in [0.15, 0.2) is 78.9 Å². The van der Waals surface area contributed by atoms with Crippen LogP contribution < -0.4 is 9.47 Å². The van der Waals surface area contributed by atoms with Crippen LogP contribution in [0, 0.1) is 0 Å². The third-order valence-corrected chi connectivity index (χ3v) is 6.25. The van der Waals surface area contributed by atoms with E-state index in [1.54, 1.807) is 7.11 Å². The van der Waals surface area contributed by atoms with Gasteiger partial charge in [0, 0.05) is 45.7 Å². The standard InChI is InChI=1S/C28H34N2O3/c1-32-26-12-7-11-24(21-26)27(31)22-30-16-14-29(15-17-30)18-19-33-28-13-6-5-10-25(28)20-23-8-3-2-4-9-23/h2-13,21,27,31H,14-20,22H2,1H3. The minimum atomic E-state index is -0.504. The molecule has 0 amide bonds. The van der Waals surface area contributed by atoms with E-state index in [1.165, 1.54) is 11.1 Å². The Morgan fingerprint density at radius 2 is 1.58 bits per heavy atom. The Balaban J connectivity index is 1.20. The maximum absolute atomic E-state index is 10.6. The average molecular weight is 447 g/mol. The van der Waals surface area contributed by atoms with Crippen molar-refractivity contribution in [2.45, 2.75) is 12.5 Å². The highest BCUT2D eigenvalue weighted by Gasteiger charge is 2.20. The number of aliphatic hydroxyl groups excluding tert-OH is 1. The number of nitrogens with zero attached hydrogens (tertiary/aromatic N) is 2. The minimum absolute atomic E-state index is 0.504. The van der Waals surface area contributed by atoms with Gasteiger partial charge in [-0.1, -0.05) is 60.7 Å². The first-order valence-electron chi connectivity index (χ1n) is 11.7. The summed E-state index contributed by atoms with van der Waals surface area (Å²) >= 11 is 0. The molecule has 174 valence electrons. The number of β-amino-alcohol motifs (C(OH)–C–C–N with tert-alkyl or cyclic N) is 1. The molecule has 5 nitrogen and oxygen atoms in total. The highest BCUT2D eigenvalue weighted by Crippen LogP contribution is 2.22. The number of piperazine rings is 1. The van der Waals surface area contributed by atoms with Gasteiger partial charge in [0.05, 0.1) is 13.2 Å². The Morgan fingerprint density at radius 1 is 0.848 bits per heavy atom. The Kier molecular flexibility index (Phi) is 8.36. The van der Waals surface area contributed by atoms with Gasteiger partial charge in [-0.3, -0.25) is 9.80 Å². The minimum Gasteiger partial charge on any atom is -0.497 e. The molecule has 3 aromatic carbocycles. The largest absolute Gasteiger partial charge is 0.497 e. The SMILES string of the molecule is COc1cccc(C(O)CN2CCN(CCOc3ccccc3Cc3ccccc3)CC2)c1. The van der Waals surface area contributed by atoms with Crippen LogP contribution in [0.25, 0.3) is 0 Å². The number of aliphatic hydroxyl groups is 1. The number of benzene rings is 3. The third kappa shape index (κ3) is 6.81. The number of hydrogen-bond acceptors (Lipinski definition) is 5. The van der Waals surface area contributed by atoms with Gasteiger partial charge in [0.25, 0.3) is 0 Å². The van der Waals surface area contributed by atoms with Crippen LogP contribution in [-0.2, 0) is 6.42 Å². The van der Waals surface area contributed by atoms with E-state index in [0.29, 0.717) is 13.2 Å². The quantitative estimate of drug-likeness (QED) is 0.510. The molecular formula is C28H34N2O3. The zero-order valence-electron chi connectivity index (χ0n) is 19.4. The summed E-state index contributed by atoms with van der Waals surface area (Å²) in [4.78, 5) is 4.77. The molecule has 1 fully saturated rings. The van der Waals surface area contributed by atoms with E-state index < -0.39 is 6.10 Å². The second-order valence-electron chi connectivity index (χ2n) is 8.55. The highest BCUT2D eigenvalue weighted by atomic mass is 16.5. The van der Waals surface area contributed by atoms with Crippen molar-refractivity contribution in [2.24, 2.45) is 0 Å². The predicted octanol–water partition coefficient (Wildman–Crippen LogP) is 4.02. The number of methoxy groups -OCH3 is 1. The lowest BCUT2D eigenvalue weighted by Gasteiger charge is -2.35. The van der Waals surface area contributed by atoms with Crippen LogP contribution >= 0.6 is 0 Å². The van der Waals surface area contributed by atoms with E-state index in [1.807, 2.05) is 36.4 Å². The molecule has 1 unspecified atom stereocenters. The van der Waals surface area contributed by atoms with Crippen LogP contribution in [0.1, 0.15) is 22.8 Å². The molecule has 1 aliphatic heterocycles. The number of rotatable bonds is 10. The van der Waals surface area contributed by atoms with Gasteiger partial charge in [-0.15, -0.1) is 0 Å². The Morgan fingerprint density at radius 3 is 2.36 bits per heavy atom. The van der Waals surface area contributed by atoms with Crippen molar-refractivity contribution in [3.63, 3.8) is 0 Å². The Hall–Kier alpha value is -2.86. The van der Waals surface area contributed by atoms with Gasteiger partial charge in [0.1, 0.15) is 18.1 Å². The molecule has 0 saturated carbocycles. The molecule has 0 radical (unpaired) electrons. The summed E-state index contributed by atoms with van der Waals surface area (Å²) in [7, 11) is 1.65. The van der Waals surface area contributed by atoms with E-state index in [-0.39, 0.29) is 0 Å². The van der Waals surface area contributed by atoms with E-state index in [4.69, 9.17) is 9.47 Å². The number of hydrogen-bond donors (Lipinski definition) is 1. The maximum atomic E-state index is 10.6. The molecule has 0 bridgehead atoms. The van der Waals surface area contributed by atoms with Crippen molar-refractivity contribution >= 4 is 0 Å². The molecule has 4 rings (SSSR count). The summed E-state index contributed by atoms with van der Waals surface area (Å²) in [6, 6.07) is 26.5. The Bertz CT molecular complexity index is 987. The number of para-hydroxylation sites is 1. The van der Waals surface area contributed by atoms with Crippen molar-refractivity contribution in [3.8, 4) is 11.5 Å². The molecule has 1 saturated heterocycles. The molecule has 0 spiro atoms. The molecular weight excluding hydrogens is 412 g/mol. The molecule has 0 aromatic heterocycles. The van der Waals surface area contributed by atoms with Gasteiger partial charge < -0.3 is 14.6 Å². The molecule has 1 aliphatic rings. The van der Waals surface area contributed by atoms with Crippen molar-refractivity contribution in [1.29, 1.82) is 0 Å². The zero-order chi connectivity index (χ0) is 22.9. The highest BCUT2D eigenvalue weighted by molar-refractivity contribution is 5.37. The lowest BCUT2D eigenvalue weighted by atomic mass is 10.0. The van der Waals surface area contributed by atoms with Gasteiger partial charge in [0.15, 0.2) is 0 Å². The summed E-state index contributed by atoms with van der Waals surface area (Å²) in [6.45, 7) is 6.10. The van der Waals surface area contributed by atoms with Crippen LogP contribution in [0.5, 0.6) is 11.5 Å². The fraction of sp³-hybridized carbons (Fsp3) is 0.357. The summed E-state index contributed by atoms with van der Waals surface area (Å²) in [5.74, 6) is 1.75. The first-order valence-corrected chi connectivity index (χ1v) is 11.7. The van der Waals surface area contributed by atoms with Gasteiger partial charge in [0.2, 0.25) is 0 Å². The summed E-state index contributed by atoms with van der Waals surface area (Å²) in [6.07, 6.45) is 0.377. The first kappa shape index (κ1) is 23.3. The van der Waals surface area contributed by atoms with E-state index in [2.05, 4.69) is 52.3 Å². The smallest absolute Gasteiger partial charge is 0.122 e. The van der Waals surface area contributed by atoms with Crippen LogP contribution in [0.3, 0.4) is 0 Å². The molecule has 1 heterocycles. The normalized spacial score (nSPS) is 15.8. The van der Waals surface area contributed by atoms with E-state index in [0.717, 1.165) is 56.2 Å². The molecule has 1 atom stereocenters. The second-order valence-corrected chi connectivity index (χ2v) is 8.55. The first-order chi connectivity index (χ1) is 16.2. The van der Waals surface area contributed by atoms with E-state index >= 15 is 0 Å². The summed E-state index contributed by atoms with van der Waals surface area (Å²) < 4.78 is 11.4. The topological polar surface area (TPSA) is 45.2 Å². The maximum Gasteiger partial charge on any atom is 0.122 e. The monoisotopic (exact) mass is 446 g/mol. The number of ether oxygens (including phenoxy) is 2. The van der Waals surface area contributed by atoms with E-state index in [9.17, 15) is 5.11 Å². The Labute approximate surface area is 197 Å². The summed E-state index contributed by atoms with van der Waals surface area (Å²) in [5, 5.41) is 10.6. The van der Waals surface area contributed by atoms with Crippen molar-refractivity contribution in [2.75, 3.05) is 53.0 Å². The van der Waals surface area contributed by atoms with Crippen molar-refractivity contribution in [3.05, 3.63) is 95.6 Å². The fourth-order valence-corrected chi connectivity index (χ4v) is 4.29. The zero-order valence-corrected chi connectivity index (χ0v) is 19.4. The summed E-state index contributed by atoms with van der Waals surface area (Å²) in [5.41, 5.74) is 3.42. The molecule has 33 heavy (non-hydrogen) atoms. The second kappa shape index (κ2) is 11.8. The molecule has 1 N–H and O–H groups in total. The fourth-order valence-electron chi connectivity index (χ4n) is 4.29. The lowest BCUT2D eigenvalue weighted by molar-refractivity contribution is 0.0675. The third-order valence-electron chi connectivity index (χ3n) is 6.25. The molecule has 0 aliphatic carbocycles. The van der Waals surface area contributed by atoms with Crippen molar-refractivity contribution < 1.29 is 14.6 Å². The average Bonchev–Trinajstić information content (AvgIpc) is 2.87. The van der Waals surface area contributed by atoms with Crippen molar-refractivity contribution in [1.82, 2.24) is 9.80 Å². The van der Waals surface area contributed by atoms with Gasteiger partial charge >= 0.3 is 0 Å². The van der Waals surface area contributed by atoms with Crippen LogP contribution in [-0.4, -0.2) is 67.9 Å². The molecule has 3 aromatic rings. The van der Waals surface area contributed by atoms with Crippen LogP contribution in [0.2, 0.25) is 0 Å². The van der Waals surface area contributed by atoms with Gasteiger partial charge in [-0.25, -0.2) is 0 Å².